The van der Waals surface area contributed by atoms with Crippen molar-refractivity contribution in [1.82, 2.24) is 9.97 Å². The lowest BCUT2D eigenvalue weighted by Crippen LogP contribution is -2.25. The van der Waals surface area contributed by atoms with Crippen molar-refractivity contribution in [2.24, 2.45) is 0 Å². The molecule has 0 aliphatic rings. The van der Waals surface area contributed by atoms with Gasteiger partial charge in [-0.15, -0.1) is 0 Å². The van der Waals surface area contributed by atoms with Crippen LogP contribution in [0.1, 0.15) is 12.6 Å². The topological polar surface area (TPSA) is 75.0 Å². The molecule has 0 atom stereocenters. The zero-order valence-electron chi connectivity index (χ0n) is 7.02. The Hall–Kier alpha value is -1.07. The highest BCUT2D eigenvalue weighted by molar-refractivity contribution is 6.30. The van der Waals surface area contributed by atoms with Crippen LogP contribution in [0.3, 0.4) is 0 Å². The van der Waals surface area contributed by atoms with Crippen LogP contribution >= 0.6 is 11.6 Å². The summed E-state index contributed by atoms with van der Waals surface area (Å²) in [6, 6.07) is 0. The van der Waals surface area contributed by atoms with Crippen molar-refractivity contribution in [2.75, 3.05) is 6.61 Å². The molecule has 0 aliphatic carbocycles. The Morgan fingerprint density at radius 1 is 1.38 bits per heavy atom. The van der Waals surface area contributed by atoms with Crippen LogP contribution < -0.4 is 11.2 Å². The van der Waals surface area contributed by atoms with Crippen LogP contribution in [0.5, 0.6) is 0 Å². The van der Waals surface area contributed by atoms with E-state index in [9.17, 15) is 9.59 Å². The van der Waals surface area contributed by atoms with Crippen molar-refractivity contribution in [3.8, 4) is 0 Å². The number of aromatic nitrogens is 2. The Morgan fingerprint density at radius 3 is 2.69 bits per heavy atom. The molecule has 1 aromatic heterocycles. The van der Waals surface area contributed by atoms with Crippen LogP contribution in [0, 0.1) is 0 Å². The maximum absolute atomic E-state index is 11.0. The van der Waals surface area contributed by atoms with Crippen molar-refractivity contribution in [3.05, 3.63) is 31.6 Å². The molecule has 0 amide bonds. The molecule has 0 fully saturated rings. The van der Waals surface area contributed by atoms with Crippen molar-refractivity contribution in [3.63, 3.8) is 0 Å². The predicted molar refractivity (Wildman–Crippen MR) is 48.0 cm³/mol. The maximum atomic E-state index is 11.0. The summed E-state index contributed by atoms with van der Waals surface area (Å²) < 4.78 is 5.00. The number of halogens is 1. The third-order valence-electron chi connectivity index (χ3n) is 1.41. The summed E-state index contributed by atoms with van der Waals surface area (Å²) in [6.45, 7) is 2.43. The van der Waals surface area contributed by atoms with E-state index >= 15 is 0 Å². The predicted octanol–water partition coefficient (Wildman–Crippen LogP) is 0.253. The zero-order valence-corrected chi connectivity index (χ0v) is 7.77. The van der Waals surface area contributed by atoms with Crippen molar-refractivity contribution in [1.29, 1.82) is 0 Å². The molecule has 0 saturated carbocycles. The van der Waals surface area contributed by atoms with E-state index in [-0.39, 0.29) is 11.6 Å². The number of hydrogen-bond donors (Lipinski definition) is 2. The first kappa shape index (κ1) is 10.0. The molecule has 1 rings (SSSR count). The van der Waals surface area contributed by atoms with Gasteiger partial charge in [-0.25, -0.2) is 4.79 Å². The van der Waals surface area contributed by atoms with Gasteiger partial charge in [-0.3, -0.25) is 9.78 Å². The van der Waals surface area contributed by atoms with E-state index in [1.54, 1.807) is 6.92 Å². The minimum atomic E-state index is -0.597. The number of nitrogens with one attached hydrogen (secondary N) is 2. The molecular weight excluding hydrogens is 196 g/mol. The highest BCUT2D eigenvalue weighted by atomic mass is 35.5. The summed E-state index contributed by atoms with van der Waals surface area (Å²) in [5.74, 6) is 0. The molecule has 1 heterocycles. The summed E-state index contributed by atoms with van der Waals surface area (Å²) in [7, 11) is 0. The van der Waals surface area contributed by atoms with Crippen molar-refractivity contribution in [2.45, 2.75) is 13.5 Å². The quantitative estimate of drug-likeness (QED) is 0.741. The molecular formula is C7H9ClN2O3. The number of rotatable bonds is 3. The molecule has 0 radical (unpaired) electrons. The van der Waals surface area contributed by atoms with E-state index in [2.05, 4.69) is 4.98 Å². The molecule has 2 N–H and O–H groups in total. The second kappa shape index (κ2) is 4.25. The summed E-state index contributed by atoms with van der Waals surface area (Å²) in [6.07, 6.45) is 0. The number of aromatic amines is 2. The number of ether oxygens (including phenoxy) is 1. The summed E-state index contributed by atoms with van der Waals surface area (Å²) in [5, 5.41) is -0.0342. The lowest BCUT2D eigenvalue weighted by molar-refractivity contribution is 0.131. The summed E-state index contributed by atoms with van der Waals surface area (Å²) in [4.78, 5) is 26.1. The first-order valence-corrected chi connectivity index (χ1v) is 4.11. The van der Waals surface area contributed by atoms with E-state index in [0.29, 0.717) is 12.3 Å². The Bertz CT molecular complexity index is 395. The van der Waals surface area contributed by atoms with Gasteiger partial charge in [0.2, 0.25) is 0 Å². The van der Waals surface area contributed by atoms with Crippen LogP contribution in [0.15, 0.2) is 9.59 Å². The van der Waals surface area contributed by atoms with E-state index in [1.165, 1.54) is 0 Å². The highest BCUT2D eigenvalue weighted by Crippen LogP contribution is 2.05. The highest BCUT2D eigenvalue weighted by Gasteiger charge is 2.05. The molecule has 0 aromatic carbocycles. The Balaban J connectivity index is 3.06. The normalized spacial score (nSPS) is 10.3. The molecule has 1 aromatic rings. The molecule has 0 spiro atoms. The summed E-state index contributed by atoms with van der Waals surface area (Å²) in [5.41, 5.74) is -0.874. The van der Waals surface area contributed by atoms with Gasteiger partial charge >= 0.3 is 5.69 Å². The van der Waals surface area contributed by atoms with Crippen molar-refractivity contribution < 1.29 is 4.74 Å². The van der Waals surface area contributed by atoms with Gasteiger partial charge in [0.1, 0.15) is 5.02 Å². The molecule has 0 saturated heterocycles. The van der Waals surface area contributed by atoms with Crippen LogP contribution in [-0.4, -0.2) is 16.6 Å². The van der Waals surface area contributed by atoms with Gasteiger partial charge in [0.15, 0.2) is 0 Å². The first-order chi connectivity index (χ1) is 6.15. The van der Waals surface area contributed by atoms with Gasteiger partial charge < -0.3 is 9.72 Å². The second-order valence-electron chi connectivity index (χ2n) is 2.34. The zero-order chi connectivity index (χ0) is 9.84. The number of H-pyrrole nitrogens is 2. The minimum absolute atomic E-state index is 0.0342. The Labute approximate surface area is 78.7 Å². The van der Waals surface area contributed by atoms with Gasteiger partial charge in [0.25, 0.3) is 5.56 Å². The van der Waals surface area contributed by atoms with Gasteiger partial charge in [-0.2, -0.15) is 0 Å². The van der Waals surface area contributed by atoms with Gasteiger partial charge in [0.05, 0.1) is 12.3 Å². The maximum Gasteiger partial charge on any atom is 0.326 e. The molecule has 0 unspecified atom stereocenters. The largest absolute Gasteiger partial charge is 0.375 e. The van der Waals surface area contributed by atoms with Crippen LogP contribution in [0.2, 0.25) is 5.02 Å². The molecule has 13 heavy (non-hydrogen) atoms. The van der Waals surface area contributed by atoms with E-state index in [0.717, 1.165) is 0 Å². The third-order valence-corrected chi connectivity index (χ3v) is 1.81. The van der Waals surface area contributed by atoms with Crippen molar-refractivity contribution >= 4 is 11.6 Å². The standard InChI is InChI=1S/C7H9ClN2O3/c1-2-13-3-4-5(8)6(11)10-7(12)9-4/h2-3H2,1H3,(H2,9,10,11,12). The molecule has 0 aliphatic heterocycles. The fourth-order valence-corrected chi connectivity index (χ4v) is 0.971. The van der Waals surface area contributed by atoms with Gasteiger partial charge in [-0.1, -0.05) is 11.6 Å². The lowest BCUT2D eigenvalue weighted by Gasteiger charge is -2.01. The minimum Gasteiger partial charge on any atom is -0.375 e. The smallest absolute Gasteiger partial charge is 0.326 e. The van der Waals surface area contributed by atoms with Crippen LogP contribution in [0.4, 0.5) is 0 Å². The van der Waals surface area contributed by atoms with Gasteiger partial charge in [-0.05, 0) is 6.92 Å². The average Bonchev–Trinajstić information content (AvgIpc) is 2.09. The van der Waals surface area contributed by atoms with E-state index in [1.807, 2.05) is 4.98 Å². The second-order valence-corrected chi connectivity index (χ2v) is 2.72. The average molecular weight is 205 g/mol. The Morgan fingerprint density at radius 2 is 2.08 bits per heavy atom. The van der Waals surface area contributed by atoms with Crippen LogP contribution in [-0.2, 0) is 11.3 Å². The van der Waals surface area contributed by atoms with E-state index < -0.39 is 11.2 Å². The van der Waals surface area contributed by atoms with E-state index in [4.69, 9.17) is 16.3 Å². The lowest BCUT2D eigenvalue weighted by atomic mass is 10.4. The third kappa shape index (κ3) is 2.43. The van der Waals surface area contributed by atoms with Gasteiger partial charge in [0, 0.05) is 6.61 Å². The summed E-state index contributed by atoms with van der Waals surface area (Å²) >= 11 is 5.61. The first-order valence-electron chi connectivity index (χ1n) is 3.74. The number of hydrogen-bond acceptors (Lipinski definition) is 3. The Kier molecular flexibility index (Phi) is 3.27. The molecule has 0 bridgehead atoms. The SMILES string of the molecule is CCOCc1[nH]c(=O)[nH]c(=O)c1Cl. The molecule has 5 nitrogen and oxygen atoms in total. The molecule has 6 heteroatoms. The molecule has 72 valence electrons. The van der Waals surface area contributed by atoms with Crippen LogP contribution in [0.25, 0.3) is 0 Å². The fourth-order valence-electron chi connectivity index (χ4n) is 0.822. The monoisotopic (exact) mass is 204 g/mol. The fraction of sp³-hybridized carbons (Fsp3) is 0.429.